The van der Waals surface area contributed by atoms with Gasteiger partial charge in [0.1, 0.15) is 6.42 Å². The smallest absolute Gasteiger partial charge is 0.249 e. The molecule has 1 aliphatic rings. The Kier molecular flexibility index (Phi) is 7.91. The lowest BCUT2D eigenvalue weighted by Gasteiger charge is -2.22. The van der Waals surface area contributed by atoms with E-state index in [1.54, 1.807) is 12.1 Å². The molecule has 0 atom stereocenters. The summed E-state index contributed by atoms with van der Waals surface area (Å²) in [6.07, 6.45) is 6.61. The van der Waals surface area contributed by atoms with Gasteiger partial charge in [0.05, 0.1) is 27.5 Å². The van der Waals surface area contributed by atoms with Crippen LogP contribution in [0.15, 0.2) is 17.2 Å². The van der Waals surface area contributed by atoms with E-state index < -0.39 is 5.91 Å². The summed E-state index contributed by atoms with van der Waals surface area (Å²) < 4.78 is 15.8. The molecule has 2 amide bonds. The van der Waals surface area contributed by atoms with Crippen LogP contribution in [-0.4, -0.2) is 45.4 Å². The van der Waals surface area contributed by atoms with Crippen LogP contribution in [0.3, 0.4) is 0 Å². The maximum atomic E-state index is 11.9. The topological polar surface area (TPSA) is 98.2 Å². The van der Waals surface area contributed by atoms with Crippen LogP contribution in [0.25, 0.3) is 0 Å². The molecule has 0 saturated heterocycles. The van der Waals surface area contributed by atoms with Crippen LogP contribution >= 0.6 is 0 Å². The van der Waals surface area contributed by atoms with Gasteiger partial charge in [-0.1, -0.05) is 19.3 Å². The molecule has 0 unspecified atom stereocenters. The van der Waals surface area contributed by atoms with Gasteiger partial charge in [-0.25, -0.2) is 5.43 Å². The van der Waals surface area contributed by atoms with E-state index in [4.69, 9.17) is 14.2 Å². The number of methoxy groups -OCH3 is 3. The minimum atomic E-state index is -0.466. The van der Waals surface area contributed by atoms with E-state index in [1.165, 1.54) is 34.0 Å². The number of amides is 2. The zero-order valence-electron chi connectivity index (χ0n) is 16.0. The number of rotatable bonds is 8. The number of nitrogens with zero attached hydrogens (tertiary/aromatic N) is 1. The van der Waals surface area contributed by atoms with Gasteiger partial charge in [0.2, 0.25) is 17.6 Å². The molecule has 1 aliphatic carbocycles. The van der Waals surface area contributed by atoms with Gasteiger partial charge in [-0.2, -0.15) is 5.10 Å². The second kappa shape index (κ2) is 10.4. The summed E-state index contributed by atoms with van der Waals surface area (Å²) in [7, 11) is 4.56. The minimum Gasteiger partial charge on any atom is -0.493 e. The van der Waals surface area contributed by atoms with Crippen molar-refractivity contribution >= 4 is 18.0 Å². The Morgan fingerprint density at radius 2 is 1.67 bits per heavy atom. The molecule has 0 aliphatic heterocycles. The minimum absolute atomic E-state index is 0.182. The van der Waals surface area contributed by atoms with E-state index in [9.17, 15) is 9.59 Å². The normalized spacial score (nSPS) is 14.6. The van der Waals surface area contributed by atoms with Crippen LogP contribution < -0.4 is 25.0 Å². The summed E-state index contributed by atoms with van der Waals surface area (Å²) >= 11 is 0. The number of benzene rings is 1. The van der Waals surface area contributed by atoms with Crippen molar-refractivity contribution in [3.8, 4) is 17.2 Å². The lowest BCUT2D eigenvalue weighted by atomic mass is 9.95. The standard InChI is InChI=1S/C19H27N3O5/c1-25-15-9-13(10-16(26-2)19(15)27-3)12-20-22-18(24)11-17(23)21-14-7-5-4-6-8-14/h9-10,12,14H,4-8,11H2,1-3H3,(H,21,23)(H,22,24)/b20-12+. The maximum absolute atomic E-state index is 11.9. The van der Waals surface area contributed by atoms with E-state index in [1.807, 2.05) is 0 Å². The largest absolute Gasteiger partial charge is 0.493 e. The molecular weight excluding hydrogens is 350 g/mol. The lowest BCUT2D eigenvalue weighted by Crippen LogP contribution is -2.38. The third kappa shape index (κ3) is 6.16. The highest BCUT2D eigenvalue weighted by molar-refractivity contribution is 5.97. The predicted octanol–water partition coefficient (Wildman–Crippen LogP) is 2.00. The van der Waals surface area contributed by atoms with Crippen LogP contribution in [0.2, 0.25) is 0 Å². The average molecular weight is 377 g/mol. The van der Waals surface area contributed by atoms with Crippen molar-refractivity contribution in [2.24, 2.45) is 5.10 Å². The van der Waals surface area contributed by atoms with Gasteiger partial charge >= 0.3 is 0 Å². The molecule has 1 saturated carbocycles. The molecule has 2 N–H and O–H groups in total. The lowest BCUT2D eigenvalue weighted by molar-refractivity contribution is -0.129. The molecule has 1 aromatic rings. The third-order valence-electron chi connectivity index (χ3n) is 4.38. The fraction of sp³-hybridized carbons (Fsp3) is 0.526. The third-order valence-corrected chi connectivity index (χ3v) is 4.38. The van der Waals surface area contributed by atoms with Crippen LogP contribution in [0.4, 0.5) is 0 Å². The van der Waals surface area contributed by atoms with Gasteiger partial charge < -0.3 is 19.5 Å². The quantitative estimate of drug-likeness (QED) is 0.410. The van der Waals surface area contributed by atoms with E-state index in [-0.39, 0.29) is 18.4 Å². The van der Waals surface area contributed by atoms with E-state index in [2.05, 4.69) is 15.8 Å². The highest BCUT2D eigenvalue weighted by Gasteiger charge is 2.17. The summed E-state index contributed by atoms with van der Waals surface area (Å²) in [4.78, 5) is 23.8. The van der Waals surface area contributed by atoms with Gasteiger partial charge in [0, 0.05) is 11.6 Å². The fourth-order valence-electron chi connectivity index (χ4n) is 3.07. The molecule has 27 heavy (non-hydrogen) atoms. The van der Waals surface area contributed by atoms with Crippen molar-refractivity contribution in [2.75, 3.05) is 21.3 Å². The van der Waals surface area contributed by atoms with Gasteiger partial charge in [-0.15, -0.1) is 0 Å². The Hall–Kier alpha value is -2.77. The number of nitrogens with one attached hydrogen (secondary N) is 2. The van der Waals surface area contributed by atoms with E-state index in [0.717, 1.165) is 25.7 Å². The first-order valence-electron chi connectivity index (χ1n) is 8.98. The second-order valence-electron chi connectivity index (χ2n) is 6.33. The molecule has 0 aromatic heterocycles. The van der Waals surface area contributed by atoms with Gasteiger partial charge in [0.15, 0.2) is 11.5 Å². The maximum Gasteiger partial charge on any atom is 0.249 e. The fourth-order valence-corrected chi connectivity index (χ4v) is 3.07. The van der Waals surface area contributed by atoms with Crippen molar-refractivity contribution in [3.05, 3.63) is 17.7 Å². The van der Waals surface area contributed by atoms with E-state index in [0.29, 0.717) is 22.8 Å². The summed E-state index contributed by atoms with van der Waals surface area (Å²) in [5.41, 5.74) is 3.01. The molecule has 1 aromatic carbocycles. The van der Waals surface area contributed by atoms with Crippen LogP contribution in [0.5, 0.6) is 17.2 Å². The Bertz CT molecular complexity index is 659. The highest BCUT2D eigenvalue weighted by Crippen LogP contribution is 2.37. The summed E-state index contributed by atoms with van der Waals surface area (Å²) in [6, 6.07) is 3.58. The molecule has 8 heteroatoms. The number of hydrazone groups is 1. The zero-order valence-corrected chi connectivity index (χ0v) is 16.0. The first-order valence-corrected chi connectivity index (χ1v) is 8.98. The first kappa shape index (κ1) is 20.5. The van der Waals surface area contributed by atoms with Crippen LogP contribution in [0, 0.1) is 0 Å². The monoisotopic (exact) mass is 377 g/mol. The van der Waals surface area contributed by atoms with Crippen molar-refractivity contribution < 1.29 is 23.8 Å². The predicted molar refractivity (Wildman–Crippen MR) is 101 cm³/mol. The molecule has 148 valence electrons. The van der Waals surface area contributed by atoms with Crippen molar-refractivity contribution in [2.45, 2.75) is 44.6 Å². The van der Waals surface area contributed by atoms with Crippen molar-refractivity contribution in [3.63, 3.8) is 0 Å². The zero-order chi connectivity index (χ0) is 19.6. The number of hydrogen-bond acceptors (Lipinski definition) is 6. The highest BCUT2D eigenvalue weighted by atomic mass is 16.5. The molecule has 0 spiro atoms. The molecule has 0 heterocycles. The number of ether oxygens (including phenoxy) is 3. The molecule has 0 radical (unpaired) electrons. The Morgan fingerprint density at radius 1 is 1.04 bits per heavy atom. The molecular formula is C19H27N3O5. The van der Waals surface area contributed by atoms with E-state index >= 15 is 0 Å². The van der Waals surface area contributed by atoms with Crippen molar-refractivity contribution in [1.82, 2.24) is 10.7 Å². The van der Waals surface area contributed by atoms with Gasteiger partial charge in [-0.3, -0.25) is 9.59 Å². The first-order chi connectivity index (χ1) is 13.1. The molecule has 2 rings (SSSR count). The van der Waals surface area contributed by atoms with Crippen molar-refractivity contribution in [1.29, 1.82) is 0 Å². The average Bonchev–Trinajstić information content (AvgIpc) is 2.67. The summed E-state index contributed by atoms with van der Waals surface area (Å²) in [6.45, 7) is 0. The SMILES string of the molecule is COc1cc(/C=N/NC(=O)CC(=O)NC2CCCCC2)cc(OC)c1OC. The number of hydrogen-bond donors (Lipinski definition) is 2. The molecule has 0 bridgehead atoms. The number of carbonyl (C=O) groups is 2. The Balaban J connectivity index is 1.88. The number of carbonyl (C=O) groups excluding carboxylic acids is 2. The van der Waals surface area contributed by atoms with Gasteiger partial charge in [0.25, 0.3) is 0 Å². The van der Waals surface area contributed by atoms with Gasteiger partial charge in [-0.05, 0) is 25.0 Å². The summed E-state index contributed by atoms with van der Waals surface area (Å²) in [5, 5.41) is 6.79. The summed E-state index contributed by atoms with van der Waals surface area (Å²) in [5.74, 6) is 0.697. The molecule has 1 fully saturated rings. The molecule has 8 nitrogen and oxygen atoms in total. The Morgan fingerprint density at radius 3 is 2.22 bits per heavy atom. The Labute approximate surface area is 159 Å². The second-order valence-corrected chi connectivity index (χ2v) is 6.33. The van der Waals surface area contributed by atoms with Crippen LogP contribution in [-0.2, 0) is 9.59 Å². The van der Waals surface area contributed by atoms with Crippen LogP contribution in [0.1, 0.15) is 44.1 Å².